The van der Waals surface area contributed by atoms with Crippen molar-refractivity contribution in [1.29, 1.82) is 0 Å². The van der Waals surface area contributed by atoms with Crippen LogP contribution in [0.15, 0.2) is 243 Å². The van der Waals surface area contributed by atoms with E-state index in [4.69, 9.17) is 11.6 Å². The Morgan fingerprint density at radius 2 is 0.747 bits per heavy atom. The van der Waals surface area contributed by atoms with E-state index in [1.54, 1.807) is 0 Å². The zero-order valence-corrected chi connectivity index (χ0v) is 49.3. The molecule has 2 nitrogen and oxygen atoms in total. The van der Waals surface area contributed by atoms with Crippen LogP contribution in [0, 0.1) is 23.7 Å². The largest absolute Gasteiger partial charge is 0.356 e. The summed E-state index contributed by atoms with van der Waals surface area (Å²) in [6.45, 7) is 9.33. The van der Waals surface area contributed by atoms with Crippen LogP contribution in [0.1, 0.15) is 124 Å². The molecule has 0 spiro atoms. The van der Waals surface area contributed by atoms with Crippen LogP contribution in [-0.4, -0.2) is 0 Å². The zero-order chi connectivity index (χ0) is 56.2. The average Bonchev–Trinajstić information content (AvgIpc) is 4.60. The first-order chi connectivity index (χ1) is 40.5. The number of hydrogen-bond donors (Lipinski definition) is 1. The van der Waals surface area contributed by atoms with Crippen LogP contribution < -0.4 is 10.2 Å². The molecular weight excluding hydrogens is 1020 g/mol. The minimum atomic E-state index is 0.00886. The molecule has 0 amide bonds. The maximum atomic E-state index is 5.90. The first kappa shape index (κ1) is 53.1. The summed E-state index contributed by atoms with van der Waals surface area (Å²) in [4.78, 5) is 2.44. The van der Waals surface area contributed by atoms with Crippen LogP contribution in [0.25, 0.3) is 44.5 Å². The molecule has 0 saturated heterocycles. The number of hydrogen-bond acceptors (Lipinski definition) is 2. The number of nitrogens with zero attached hydrogens (tertiary/aromatic N) is 1. The molecule has 0 aliphatic heterocycles. The molecule has 0 radical (unpaired) electrons. The van der Waals surface area contributed by atoms with Gasteiger partial charge in [0, 0.05) is 44.3 Å². The molecule has 6 aliphatic carbocycles. The molecule has 4 saturated carbocycles. The predicted molar refractivity (Wildman–Crippen MR) is 351 cm³/mol. The van der Waals surface area contributed by atoms with Gasteiger partial charge in [-0.05, 0) is 225 Å². The molecule has 6 unspecified atom stereocenters. The third-order valence-corrected chi connectivity index (χ3v) is 20.5. The van der Waals surface area contributed by atoms with E-state index in [1.165, 1.54) is 146 Å². The summed E-state index contributed by atoms with van der Waals surface area (Å²) in [6.07, 6.45) is 11.5. The van der Waals surface area contributed by atoms with Crippen LogP contribution in [0.5, 0.6) is 0 Å². The van der Waals surface area contributed by atoms with E-state index in [0.717, 1.165) is 51.9 Å². The zero-order valence-electron chi connectivity index (χ0n) is 48.5. The molecule has 1 N–H and O–H groups in total. The molecule has 0 aromatic heterocycles. The highest BCUT2D eigenvalue weighted by Crippen LogP contribution is 2.56. The van der Waals surface area contributed by atoms with Gasteiger partial charge in [-0.1, -0.05) is 222 Å². The molecule has 6 atom stereocenters. The second-order valence-corrected chi connectivity index (χ2v) is 26.3. The Labute approximate surface area is 498 Å². The lowest BCUT2D eigenvalue weighted by Gasteiger charge is -2.28. The fourth-order valence-corrected chi connectivity index (χ4v) is 16.1. The molecule has 10 aromatic rings. The molecule has 6 aliphatic rings. The van der Waals surface area contributed by atoms with Crippen molar-refractivity contribution in [2.75, 3.05) is 10.2 Å². The fraction of sp³-hybridized carbons (Fsp3) is 0.250. The number of nitrogens with one attached hydrogen (secondary N) is 1. The van der Waals surface area contributed by atoms with Gasteiger partial charge in [0.25, 0.3) is 0 Å². The van der Waals surface area contributed by atoms with Gasteiger partial charge in [-0.3, -0.25) is 0 Å². The summed E-state index contributed by atoms with van der Waals surface area (Å²) < 4.78 is 0. The second-order valence-electron chi connectivity index (χ2n) is 25.9. The van der Waals surface area contributed by atoms with Gasteiger partial charge in [-0.25, -0.2) is 0 Å². The van der Waals surface area contributed by atoms with Crippen LogP contribution in [0.3, 0.4) is 0 Å². The van der Waals surface area contributed by atoms with Crippen molar-refractivity contribution in [3.8, 4) is 44.5 Å². The molecule has 0 heterocycles. The quantitative estimate of drug-likeness (QED) is 0.155. The van der Waals surface area contributed by atoms with E-state index in [9.17, 15) is 0 Å². The summed E-state index contributed by atoms with van der Waals surface area (Å²) in [5.74, 6) is 5.45. The van der Waals surface area contributed by atoms with Gasteiger partial charge in [0.2, 0.25) is 0 Å². The monoisotopic (exact) mass is 1100 g/mol. The minimum absolute atomic E-state index is 0.00886. The number of benzene rings is 10. The first-order valence-corrected chi connectivity index (χ1v) is 31.1. The van der Waals surface area contributed by atoms with Crippen molar-refractivity contribution in [1.82, 2.24) is 0 Å². The van der Waals surface area contributed by atoms with Gasteiger partial charge in [-0.2, -0.15) is 0 Å². The minimum Gasteiger partial charge on any atom is -0.356 e. The molecular formula is C80H75ClN2. The summed E-state index contributed by atoms with van der Waals surface area (Å²) in [5, 5.41) is 4.43. The van der Waals surface area contributed by atoms with Gasteiger partial charge in [-0.15, -0.1) is 0 Å². The van der Waals surface area contributed by atoms with Gasteiger partial charge < -0.3 is 10.2 Å². The van der Waals surface area contributed by atoms with E-state index in [-0.39, 0.29) is 10.8 Å². The predicted octanol–water partition coefficient (Wildman–Crippen LogP) is 22.7. The molecule has 3 heteroatoms. The lowest BCUT2D eigenvalue weighted by molar-refractivity contribution is 0.420. The summed E-state index contributed by atoms with van der Waals surface area (Å²) in [6, 6.07) is 88.4. The van der Waals surface area contributed by atoms with Crippen molar-refractivity contribution >= 4 is 40.0 Å². The van der Waals surface area contributed by atoms with Gasteiger partial charge in [0.1, 0.15) is 0 Å². The highest BCUT2D eigenvalue weighted by Gasteiger charge is 2.42. The maximum Gasteiger partial charge on any atom is 0.0468 e. The number of halogens is 1. The Morgan fingerprint density at radius 3 is 1.24 bits per heavy atom. The summed E-state index contributed by atoms with van der Waals surface area (Å²) in [7, 11) is 0. The third kappa shape index (κ3) is 10.2. The smallest absolute Gasteiger partial charge is 0.0468 e. The van der Waals surface area contributed by atoms with E-state index in [2.05, 4.69) is 262 Å². The average molecular weight is 1100 g/mol. The normalized spacial score (nSPS) is 21.1. The lowest BCUT2D eigenvalue weighted by atomic mass is 9.82. The van der Waals surface area contributed by atoms with Gasteiger partial charge in [0.15, 0.2) is 0 Å². The SMILES string of the molecule is CC1(C)c2ccccc2-c2cc(N(c3ccc(-c4ccccc4)cc3)c3ccc(C4CC5CCC4C5)cc3)ccc21.CC1(C)c2ccccc2-c2cc(Nc3ccc(-c4ccccc4)cc3)ccc21.Clc1ccc(C2CC3CCC2C3)cc1. The van der Waals surface area contributed by atoms with Crippen molar-refractivity contribution in [3.63, 3.8) is 0 Å². The molecule has 4 fully saturated rings. The number of fused-ring (bicyclic) bond motifs is 10. The topological polar surface area (TPSA) is 15.3 Å². The highest BCUT2D eigenvalue weighted by atomic mass is 35.5. The standard InChI is InChI=1S/C40H37N.C27H23N.C13H15Cl/c1-40(2)38-11-7-6-10-35(38)37-26-34(22-23-39(37)40)41(32-18-14-29(15-19-32)28-8-4-3-5-9-28)33-20-16-30(17-21-33)36-25-27-12-13-31(36)24-27;1-27(2)25-11-7-6-10-23(25)24-18-22(16-17-26(24)27)28-21-14-12-20(13-15-21)19-8-4-3-5-9-19;14-12-5-3-10(4-6-12)13-8-9-1-2-11(13)7-9/h3-11,14-23,26-27,31,36H,12-13,24-25H2,1-2H3;3-18,28H,1-2H3;3-6,9,11,13H,1-2,7-8H2. The molecule has 83 heavy (non-hydrogen) atoms. The molecule has 4 bridgehead atoms. The van der Waals surface area contributed by atoms with Crippen molar-refractivity contribution in [2.24, 2.45) is 23.7 Å². The second kappa shape index (κ2) is 22.0. The van der Waals surface area contributed by atoms with Crippen molar-refractivity contribution in [3.05, 3.63) is 281 Å². The van der Waals surface area contributed by atoms with Gasteiger partial charge >= 0.3 is 0 Å². The first-order valence-electron chi connectivity index (χ1n) is 30.7. The Bertz CT molecular complexity index is 3920. The van der Waals surface area contributed by atoms with Crippen LogP contribution in [0.2, 0.25) is 5.02 Å². The van der Waals surface area contributed by atoms with E-state index in [1.807, 2.05) is 18.2 Å². The van der Waals surface area contributed by atoms with E-state index in [0.29, 0.717) is 0 Å². The fourth-order valence-electron chi connectivity index (χ4n) is 16.0. The Kier molecular flexibility index (Phi) is 14.1. The lowest BCUT2D eigenvalue weighted by Crippen LogP contribution is -2.15. The third-order valence-electron chi connectivity index (χ3n) is 20.3. The van der Waals surface area contributed by atoms with Crippen LogP contribution in [0.4, 0.5) is 28.4 Å². The molecule has 412 valence electrons. The maximum absolute atomic E-state index is 5.90. The van der Waals surface area contributed by atoms with Crippen LogP contribution in [-0.2, 0) is 10.8 Å². The van der Waals surface area contributed by atoms with Crippen LogP contribution >= 0.6 is 11.6 Å². The molecule has 16 rings (SSSR count). The Morgan fingerprint density at radius 1 is 0.349 bits per heavy atom. The highest BCUT2D eigenvalue weighted by molar-refractivity contribution is 6.30. The molecule has 10 aromatic carbocycles. The van der Waals surface area contributed by atoms with E-state index < -0.39 is 0 Å². The van der Waals surface area contributed by atoms with Crippen molar-refractivity contribution in [2.45, 2.75) is 102 Å². The number of anilines is 5. The Hall–Kier alpha value is -7.91. The van der Waals surface area contributed by atoms with Crippen molar-refractivity contribution < 1.29 is 0 Å². The Balaban J connectivity index is 0.000000125. The summed E-state index contributed by atoms with van der Waals surface area (Å²) in [5.41, 5.74) is 25.0. The van der Waals surface area contributed by atoms with Gasteiger partial charge in [0.05, 0.1) is 0 Å². The number of rotatable bonds is 9. The van der Waals surface area contributed by atoms with E-state index >= 15 is 0 Å². The summed E-state index contributed by atoms with van der Waals surface area (Å²) >= 11 is 5.90.